The zero-order valence-corrected chi connectivity index (χ0v) is 15.5. The van der Waals surface area contributed by atoms with Crippen molar-refractivity contribution in [3.8, 4) is 5.75 Å². The Hall–Kier alpha value is -1.22. The van der Waals surface area contributed by atoms with Gasteiger partial charge in [0.25, 0.3) is 0 Å². The van der Waals surface area contributed by atoms with Crippen LogP contribution >= 0.6 is 0 Å². The van der Waals surface area contributed by atoms with E-state index in [0.29, 0.717) is 0 Å². The highest BCUT2D eigenvalue weighted by atomic mass is 16.5. The van der Waals surface area contributed by atoms with E-state index in [4.69, 9.17) is 4.74 Å². The molecule has 1 aromatic rings. The van der Waals surface area contributed by atoms with Gasteiger partial charge in [-0.3, -0.25) is 0 Å². The fraction of sp³-hybridized carbons (Fsp3) is 0.714. The minimum absolute atomic E-state index is 0.277. The summed E-state index contributed by atoms with van der Waals surface area (Å²) in [6, 6.07) is 8.03. The SMILES string of the molecule is CCCCCCCOc1ccc(N[C@]2(O)CCCCC[C@@H]2C)cc1. The molecule has 2 N–H and O–H groups in total. The standard InChI is InChI=1S/C21H35NO2/c1-3-4-5-6-10-17-24-20-14-12-19(13-15-20)22-21(23)16-9-7-8-11-18(21)2/h12-15,18,22-23H,3-11,16-17H2,1-2H3/t18-,21-/m0/s1. The quantitative estimate of drug-likeness (QED) is 0.344. The first-order valence-electron chi connectivity index (χ1n) is 9.87. The first-order chi connectivity index (χ1) is 11.6. The van der Waals surface area contributed by atoms with Crippen molar-refractivity contribution >= 4 is 5.69 Å². The van der Waals surface area contributed by atoms with Crippen molar-refractivity contribution in [3.63, 3.8) is 0 Å². The first kappa shape index (κ1) is 19.1. The van der Waals surface area contributed by atoms with Crippen molar-refractivity contribution < 1.29 is 9.84 Å². The summed E-state index contributed by atoms with van der Waals surface area (Å²) in [6.45, 7) is 5.17. The second-order valence-electron chi connectivity index (χ2n) is 7.34. The lowest BCUT2D eigenvalue weighted by atomic mass is 9.92. The second kappa shape index (κ2) is 9.93. The summed E-state index contributed by atoms with van der Waals surface area (Å²) in [5.41, 5.74) is 0.194. The molecular formula is C21H35NO2. The molecule has 0 aromatic heterocycles. The van der Waals surface area contributed by atoms with Gasteiger partial charge in [-0.05, 0) is 49.9 Å². The zero-order valence-electron chi connectivity index (χ0n) is 15.5. The van der Waals surface area contributed by atoms with E-state index >= 15 is 0 Å². The zero-order chi connectivity index (χ0) is 17.3. The van der Waals surface area contributed by atoms with Crippen LogP contribution < -0.4 is 10.1 Å². The average molecular weight is 334 g/mol. The van der Waals surface area contributed by atoms with Gasteiger partial charge in [-0.2, -0.15) is 0 Å². The molecule has 0 spiro atoms. The first-order valence-corrected chi connectivity index (χ1v) is 9.87. The summed E-state index contributed by atoms with van der Waals surface area (Å²) in [7, 11) is 0. The van der Waals surface area contributed by atoms with Crippen LogP contribution in [0.15, 0.2) is 24.3 Å². The molecule has 1 aliphatic carbocycles. The van der Waals surface area contributed by atoms with Crippen LogP contribution in [0.2, 0.25) is 0 Å². The molecule has 1 saturated carbocycles. The molecule has 0 amide bonds. The van der Waals surface area contributed by atoms with Gasteiger partial charge in [0.1, 0.15) is 11.5 Å². The molecule has 2 rings (SSSR count). The fourth-order valence-electron chi connectivity index (χ4n) is 3.47. The van der Waals surface area contributed by atoms with Gasteiger partial charge >= 0.3 is 0 Å². The lowest BCUT2D eigenvalue weighted by Gasteiger charge is -2.34. The third kappa shape index (κ3) is 6.01. The summed E-state index contributed by atoms with van der Waals surface area (Å²) < 4.78 is 5.81. The van der Waals surface area contributed by atoms with Crippen LogP contribution in [0.5, 0.6) is 5.75 Å². The fourth-order valence-corrected chi connectivity index (χ4v) is 3.47. The number of nitrogens with one attached hydrogen (secondary N) is 1. The van der Waals surface area contributed by atoms with Gasteiger partial charge < -0.3 is 15.2 Å². The van der Waals surface area contributed by atoms with E-state index in [1.54, 1.807) is 0 Å². The number of hydrogen-bond donors (Lipinski definition) is 2. The van der Waals surface area contributed by atoms with Gasteiger partial charge in [-0.25, -0.2) is 0 Å². The number of unbranched alkanes of at least 4 members (excludes halogenated alkanes) is 4. The van der Waals surface area contributed by atoms with E-state index in [-0.39, 0.29) is 5.92 Å². The molecule has 1 fully saturated rings. The predicted molar refractivity (Wildman–Crippen MR) is 102 cm³/mol. The third-order valence-corrected chi connectivity index (χ3v) is 5.24. The Morgan fingerprint density at radius 2 is 1.83 bits per heavy atom. The number of aliphatic hydroxyl groups is 1. The van der Waals surface area contributed by atoms with E-state index in [9.17, 15) is 5.11 Å². The average Bonchev–Trinajstić information content (AvgIpc) is 2.74. The maximum atomic E-state index is 10.9. The molecule has 1 aromatic carbocycles. The number of benzene rings is 1. The van der Waals surface area contributed by atoms with Gasteiger partial charge in [0.2, 0.25) is 0 Å². The van der Waals surface area contributed by atoms with Crippen LogP contribution in [-0.2, 0) is 0 Å². The molecule has 1 aliphatic rings. The van der Waals surface area contributed by atoms with Crippen LogP contribution in [0.4, 0.5) is 5.69 Å². The van der Waals surface area contributed by atoms with Gasteiger partial charge in [0.15, 0.2) is 0 Å². The predicted octanol–water partition coefficient (Wildman–Crippen LogP) is 5.74. The molecule has 0 saturated heterocycles. The summed E-state index contributed by atoms with van der Waals surface area (Å²) in [5.74, 6) is 1.19. The minimum atomic E-state index is -0.780. The lowest BCUT2D eigenvalue weighted by Crippen LogP contribution is -2.43. The van der Waals surface area contributed by atoms with E-state index in [1.807, 2.05) is 24.3 Å². The molecule has 136 valence electrons. The molecule has 0 unspecified atom stereocenters. The number of hydrogen-bond acceptors (Lipinski definition) is 3. The molecule has 0 radical (unpaired) electrons. The molecular weight excluding hydrogens is 298 g/mol. The Balaban J connectivity index is 1.79. The Labute approximate surface area is 147 Å². The lowest BCUT2D eigenvalue weighted by molar-refractivity contribution is 0.00974. The third-order valence-electron chi connectivity index (χ3n) is 5.24. The smallest absolute Gasteiger partial charge is 0.138 e. The van der Waals surface area contributed by atoms with Gasteiger partial charge in [-0.1, -0.05) is 52.4 Å². The van der Waals surface area contributed by atoms with Crippen molar-refractivity contribution in [1.82, 2.24) is 0 Å². The molecule has 3 heteroatoms. The Morgan fingerprint density at radius 3 is 2.58 bits per heavy atom. The van der Waals surface area contributed by atoms with E-state index < -0.39 is 5.72 Å². The monoisotopic (exact) mass is 333 g/mol. The van der Waals surface area contributed by atoms with Gasteiger partial charge in [0.05, 0.1) is 6.61 Å². The molecule has 24 heavy (non-hydrogen) atoms. The van der Waals surface area contributed by atoms with E-state index in [2.05, 4.69) is 19.2 Å². The summed E-state index contributed by atoms with van der Waals surface area (Å²) in [4.78, 5) is 0. The summed E-state index contributed by atoms with van der Waals surface area (Å²) in [6.07, 6.45) is 11.7. The number of ether oxygens (including phenoxy) is 1. The number of anilines is 1. The van der Waals surface area contributed by atoms with Crippen molar-refractivity contribution in [2.24, 2.45) is 5.92 Å². The summed E-state index contributed by atoms with van der Waals surface area (Å²) >= 11 is 0. The Bertz CT molecular complexity index is 459. The maximum absolute atomic E-state index is 10.9. The topological polar surface area (TPSA) is 41.5 Å². The van der Waals surface area contributed by atoms with Crippen molar-refractivity contribution in [2.45, 2.75) is 83.8 Å². The highest BCUT2D eigenvalue weighted by Crippen LogP contribution is 2.33. The Morgan fingerprint density at radius 1 is 1.08 bits per heavy atom. The molecule has 0 heterocycles. The van der Waals surface area contributed by atoms with E-state index in [0.717, 1.165) is 43.7 Å². The van der Waals surface area contributed by atoms with Crippen LogP contribution in [0.25, 0.3) is 0 Å². The van der Waals surface area contributed by atoms with Crippen LogP contribution in [-0.4, -0.2) is 17.4 Å². The largest absolute Gasteiger partial charge is 0.494 e. The Kier molecular flexibility index (Phi) is 7.90. The van der Waals surface area contributed by atoms with Gasteiger partial charge in [-0.15, -0.1) is 0 Å². The molecule has 3 nitrogen and oxygen atoms in total. The molecule has 2 atom stereocenters. The molecule has 0 aliphatic heterocycles. The van der Waals surface area contributed by atoms with Gasteiger partial charge in [0, 0.05) is 11.6 Å². The normalized spacial score (nSPS) is 24.4. The minimum Gasteiger partial charge on any atom is -0.494 e. The maximum Gasteiger partial charge on any atom is 0.138 e. The van der Waals surface area contributed by atoms with Crippen molar-refractivity contribution in [1.29, 1.82) is 0 Å². The highest BCUT2D eigenvalue weighted by Gasteiger charge is 2.34. The van der Waals surface area contributed by atoms with E-state index in [1.165, 1.54) is 38.5 Å². The van der Waals surface area contributed by atoms with Crippen molar-refractivity contribution in [3.05, 3.63) is 24.3 Å². The van der Waals surface area contributed by atoms with Crippen LogP contribution in [0.3, 0.4) is 0 Å². The molecule has 0 bridgehead atoms. The van der Waals surface area contributed by atoms with Crippen LogP contribution in [0.1, 0.15) is 78.1 Å². The summed E-state index contributed by atoms with van der Waals surface area (Å²) in [5, 5.41) is 14.3. The number of rotatable bonds is 9. The second-order valence-corrected chi connectivity index (χ2v) is 7.34. The van der Waals surface area contributed by atoms with Crippen molar-refractivity contribution in [2.75, 3.05) is 11.9 Å². The van der Waals surface area contributed by atoms with Crippen LogP contribution in [0, 0.1) is 5.92 Å². The highest BCUT2D eigenvalue weighted by molar-refractivity contribution is 5.48.